The van der Waals surface area contributed by atoms with Gasteiger partial charge in [0.2, 0.25) is 10.0 Å². The van der Waals surface area contributed by atoms with Gasteiger partial charge in [-0.15, -0.1) is 0 Å². The van der Waals surface area contributed by atoms with Crippen LogP contribution >= 0.6 is 0 Å². The molecule has 6 heteroatoms. The monoisotopic (exact) mass is 307 g/mol. The van der Waals surface area contributed by atoms with Crippen molar-refractivity contribution in [3.63, 3.8) is 0 Å². The van der Waals surface area contributed by atoms with Gasteiger partial charge in [-0.2, -0.15) is 9.57 Å². The second-order valence-electron chi connectivity index (χ2n) is 5.69. The van der Waals surface area contributed by atoms with Crippen LogP contribution < -0.4 is 5.73 Å². The van der Waals surface area contributed by atoms with E-state index in [1.165, 1.54) is 6.07 Å². The summed E-state index contributed by atoms with van der Waals surface area (Å²) in [5.74, 6) is 0.217. The molecule has 1 aromatic rings. The minimum Gasteiger partial charge on any atom is -0.330 e. The molecule has 1 saturated heterocycles. The molecular formula is C15H21N3O2S. The lowest BCUT2D eigenvalue weighted by atomic mass is 9.96. The lowest BCUT2D eigenvalue weighted by Gasteiger charge is -2.36. The number of aryl methyl sites for hydroxylation is 1. The lowest BCUT2D eigenvalue weighted by molar-refractivity contribution is 0.211. The Hall–Kier alpha value is -1.42. The molecule has 2 atom stereocenters. The van der Waals surface area contributed by atoms with Crippen LogP contribution in [0.3, 0.4) is 0 Å². The third-order valence-corrected chi connectivity index (χ3v) is 6.29. The second kappa shape index (κ2) is 6.14. The summed E-state index contributed by atoms with van der Waals surface area (Å²) in [7, 11) is -3.54. The van der Waals surface area contributed by atoms with E-state index >= 15 is 0 Å². The number of piperidine rings is 1. The van der Waals surface area contributed by atoms with Crippen LogP contribution in [-0.2, 0) is 10.0 Å². The fraction of sp³-hybridized carbons (Fsp3) is 0.533. The van der Waals surface area contributed by atoms with Crippen molar-refractivity contribution in [3.8, 4) is 6.07 Å². The first kappa shape index (κ1) is 16.0. The fourth-order valence-corrected chi connectivity index (χ4v) is 4.75. The Morgan fingerprint density at radius 1 is 1.43 bits per heavy atom. The number of nitrogens with zero attached hydrogens (tertiary/aromatic N) is 2. The zero-order valence-electron chi connectivity index (χ0n) is 12.4. The van der Waals surface area contributed by atoms with Crippen LogP contribution in [0.5, 0.6) is 0 Å². The molecule has 1 heterocycles. The van der Waals surface area contributed by atoms with Gasteiger partial charge in [-0.1, -0.05) is 0 Å². The van der Waals surface area contributed by atoms with Gasteiger partial charge in [-0.05, 0) is 62.9 Å². The Morgan fingerprint density at radius 2 is 2.14 bits per heavy atom. The van der Waals surface area contributed by atoms with Crippen molar-refractivity contribution in [1.82, 2.24) is 4.31 Å². The van der Waals surface area contributed by atoms with Gasteiger partial charge in [0.15, 0.2) is 0 Å². The molecule has 0 radical (unpaired) electrons. The maximum Gasteiger partial charge on any atom is 0.243 e. The molecule has 1 aromatic carbocycles. The molecule has 0 aliphatic carbocycles. The number of rotatable bonds is 3. The van der Waals surface area contributed by atoms with Crippen molar-refractivity contribution in [2.75, 3.05) is 13.1 Å². The highest BCUT2D eigenvalue weighted by Crippen LogP contribution is 2.29. The first-order chi connectivity index (χ1) is 9.90. The van der Waals surface area contributed by atoms with Crippen molar-refractivity contribution in [2.24, 2.45) is 11.7 Å². The lowest BCUT2D eigenvalue weighted by Crippen LogP contribution is -2.47. The summed E-state index contributed by atoms with van der Waals surface area (Å²) in [4.78, 5) is 0.283. The third-order valence-electron chi connectivity index (χ3n) is 4.15. The average Bonchev–Trinajstić information content (AvgIpc) is 2.47. The topological polar surface area (TPSA) is 87.2 Å². The van der Waals surface area contributed by atoms with Gasteiger partial charge in [0.1, 0.15) is 0 Å². The van der Waals surface area contributed by atoms with Crippen molar-refractivity contribution >= 4 is 10.0 Å². The Morgan fingerprint density at radius 3 is 2.71 bits per heavy atom. The molecule has 0 saturated carbocycles. The summed E-state index contributed by atoms with van der Waals surface area (Å²) in [5.41, 5.74) is 6.78. The van der Waals surface area contributed by atoms with E-state index in [1.807, 2.05) is 13.0 Å². The maximum absolute atomic E-state index is 12.9. The zero-order valence-corrected chi connectivity index (χ0v) is 13.2. The summed E-state index contributed by atoms with van der Waals surface area (Å²) >= 11 is 0. The van der Waals surface area contributed by atoms with E-state index in [0.717, 1.165) is 12.8 Å². The molecule has 0 spiro atoms. The number of nitrogens with two attached hydrogens (primary N) is 1. The maximum atomic E-state index is 12.9. The van der Waals surface area contributed by atoms with Crippen molar-refractivity contribution in [2.45, 2.75) is 37.6 Å². The smallest absolute Gasteiger partial charge is 0.243 e. The van der Waals surface area contributed by atoms with Crippen molar-refractivity contribution in [1.29, 1.82) is 5.26 Å². The Labute approximate surface area is 126 Å². The van der Waals surface area contributed by atoms with Crippen LogP contribution in [0.1, 0.15) is 30.9 Å². The number of hydrogen-bond acceptors (Lipinski definition) is 4. The average molecular weight is 307 g/mol. The van der Waals surface area contributed by atoms with Gasteiger partial charge in [-0.3, -0.25) is 0 Å². The molecule has 2 unspecified atom stereocenters. The van der Waals surface area contributed by atoms with E-state index in [-0.39, 0.29) is 16.9 Å². The summed E-state index contributed by atoms with van der Waals surface area (Å²) in [6.45, 7) is 4.64. The first-order valence-corrected chi connectivity index (χ1v) is 8.56. The molecule has 0 bridgehead atoms. The Kier molecular flexibility index (Phi) is 4.67. The second-order valence-corrected chi connectivity index (χ2v) is 7.55. The minimum absolute atomic E-state index is 0.0205. The molecule has 0 amide bonds. The predicted octanol–water partition coefficient (Wildman–Crippen LogP) is 1.61. The number of benzene rings is 1. The van der Waals surface area contributed by atoms with Crippen LogP contribution in [0.4, 0.5) is 0 Å². The molecular weight excluding hydrogens is 286 g/mol. The van der Waals surface area contributed by atoms with Gasteiger partial charge < -0.3 is 5.73 Å². The summed E-state index contributed by atoms with van der Waals surface area (Å²) in [6.07, 6.45) is 1.80. The van der Waals surface area contributed by atoms with E-state index in [4.69, 9.17) is 11.0 Å². The van der Waals surface area contributed by atoms with E-state index in [2.05, 4.69) is 0 Å². The molecule has 1 fully saturated rings. The molecule has 1 aliphatic heterocycles. The molecule has 1 aliphatic rings. The highest BCUT2D eigenvalue weighted by atomic mass is 32.2. The van der Waals surface area contributed by atoms with Crippen LogP contribution in [0, 0.1) is 24.2 Å². The van der Waals surface area contributed by atoms with Crippen molar-refractivity contribution in [3.05, 3.63) is 29.3 Å². The highest BCUT2D eigenvalue weighted by Gasteiger charge is 2.35. The van der Waals surface area contributed by atoms with Crippen LogP contribution in [-0.4, -0.2) is 31.9 Å². The highest BCUT2D eigenvalue weighted by molar-refractivity contribution is 7.89. The van der Waals surface area contributed by atoms with Gasteiger partial charge in [0, 0.05) is 12.6 Å². The number of nitriles is 1. The summed E-state index contributed by atoms with van der Waals surface area (Å²) in [6, 6.07) is 6.70. The largest absolute Gasteiger partial charge is 0.330 e. The molecule has 2 rings (SSSR count). The number of hydrogen-bond donors (Lipinski definition) is 1. The predicted molar refractivity (Wildman–Crippen MR) is 81.0 cm³/mol. The van der Waals surface area contributed by atoms with Gasteiger partial charge in [0.25, 0.3) is 0 Å². The SMILES string of the molecule is Cc1cc(C#N)ccc1S(=O)(=O)N1CC(CN)CCC1C. The molecule has 114 valence electrons. The third kappa shape index (κ3) is 3.10. The van der Waals surface area contributed by atoms with Gasteiger partial charge >= 0.3 is 0 Å². The van der Waals surface area contributed by atoms with Gasteiger partial charge in [-0.25, -0.2) is 8.42 Å². The van der Waals surface area contributed by atoms with Gasteiger partial charge in [0.05, 0.1) is 16.5 Å². The van der Waals surface area contributed by atoms with Crippen LogP contribution in [0.2, 0.25) is 0 Å². The van der Waals surface area contributed by atoms with E-state index in [0.29, 0.717) is 24.2 Å². The van der Waals surface area contributed by atoms with E-state index in [9.17, 15) is 8.42 Å². The molecule has 2 N–H and O–H groups in total. The fourth-order valence-electron chi connectivity index (χ4n) is 2.81. The molecule has 21 heavy (non-hydrogen) atoms. The zero-order chi connectivity index (χ0) is 15.6. The normalized spacial score (nSPS) is 23.7. The summed E-state index contributed by atoms with van der Waals surface area (Å²) in [5, 5.41) is 8.89. The van der Waals surface area contributed by atoms with Crippen LogP contribution in [0.15, 0.2) is 23.1 Å². The molecule has 0 aromatic heterocycles. The van der Waals surface area contributed by atoms with E-state index < -0.39 is 10.0 Å². The first-order valence-electron chi connectivity index (χ1n) is 7.12. The Bertz CT molecular complexity index is 664. The molecule has 5 nitrogen and oxygen atoms in total. The number of sulfonamides is 1. The van der Waals surface area contributed by atoms with Crippen LogP contribution in [0.25, 0.3) is 0 Å². The standard InChI is InChI=1S/C15H21N3O2S/c1-11-7-13(8-16)5-6-15(11)21(19,20)18-10-14(9-17)4-3-12(18)2/h5-7,12,14H,3-4,9-10,17H2,1-2H3. The van der Waals surface area contributed by atoms with Crippen molar-refractivity contribution < 1.29 is 8.42 Å². The Balaban J connectivity index is 2.39. The van der Waals surface area contributed by atoms with E-state index in [1.54, 1.807) is 23.4 Å². The minimum atomic E-state index is -3.54. The quantitative estimate of drug-likeness (QED) is 0.919. The summed E-state index contributed by atoms with van der Waals surface area (Å²) < 4.78 is 27.3.